The van der Waals surface area contributed by atoms with E-state index in [-0.39, 0.29) is 17.2 Å². The highest BCUT2D eigenvalue weighted by atomic mass is 32.2. The number of nitrogens with one attached hydrogen (secondary N) is 2. The molecule has 0 amide bonds. The minimum Gasteiger partial charge on any atom is -0.491 e. The van der Waals surface area contributed by atoms with Gasteiger partial charge in [0.25, 0.3) is 10.0 Å². The van der Waals surface area contributed by atoms with Crippen LogP contribution in [0.5, 0.6) is 5.75 Å². The summed E-state index contributed by atoms with van der Waals surface area (Å²) in [6.45, 7) is 4.79. The zero-order valence-corrected chi connectivity index (χ0v) is 20.5. The van der Waals surface area contributed by atoms with Crippen molar-refractivity contribution in [2.24, 2.45) is 0 Å². The second kappa shape index (κ2) is 9.40. The van der Waals surface area contributed by atoms with Crippen LogP contribution >= 0.6 is 0 Å². The lowest BCUT2D eigenvalue weighted by atomic mass is 9.98. The second-order valence-corrected chi connectivity index (χ2v) is 10.5. The predicted molar refractivity (Wildman–Crippen MR) is 136 cm³/mol. The second-order valence-electron chi connectivity index (χ2n) is 8.74. The number of fused-ring (bicyclic) bond motifs is 2. The molecule has 1 spiro atoms. The average molecular weight is 512 g/mol. The molecule has 2 aromatic carbocycles. The summed E-state index contributed by atoms with van der Waals surface area (Å²) in [6, 6.07) is 12.6. The van der Waals surface area contributed by atoms with Gasteiger partial charge in [-0.05, 0) is 54.8 Å². The third-order valence-electron chi connectivity index (χ3n) is 6.33. The van der Waals surface area contributed by atoms with Crippen molar-refractivity contribution in [2.75, 3.05) is 41.8 Å². The lowest BCUT2D eigenvalue weighted by Gasteiger charge is -2.18. The van der Waals surface area contributed by atoms with Crippen molar-refractivity contribution < 1.29 is 22.3 Å². The van der Waals surface area contributed by atoms with E-state index in [1.165, 1.54) is 4.31 Å². The van der Waals surface area contributed by atoms with Crippen molar-refractivity contribution in [3.63, 3.8) is 0 Å². The molecule has 2 aliphatic rings. The van der Waals surface area contributed by atoms with Crippen LogP contribution in [0.4, 0.5) is 33.2 Å². The van der Waals surface area contributed by atoms with Gasteiger partial charge in [-0.2, -0.15) is 4.98 Å². The summed E-state index contributed by atoms with van der Waals surface area (Å²) in [5.41, 5.74) is 2.64. The van der Waals surface area contributed by atoms with Gasteiger partial charge in [-0.25, -0.2) is 17.8 Å². The van der Waals surface area contributed by atoms with Crippen LogP contribution in [0, 0.1) is 5.82 Å². The molecule has 0 unspecified atom stereocenters. The normalized spacial score (nSPS) is 15.4. The molecule has 2 N–H and O–H groups in total. The van der Waals surface area contributed by atoms with E-state index in [4.69, 9.17) is 9.47 Å². The number of aromatic nitrogens is 2. The highest BCUT2D eigenvalue weighted by molar-refractivity contribution is 7.95. The molecule has 0 saturated heterocycles. The number of benzene rings is 2. The first-order valence-corrected chi connectivity index (χ1v) is 12.9. The Morgan fingerprint density at radius 1 is 1.14 bits per heavy atom. The molecular formula is C25H26FN5O4S. The molecule has 1 fully saturated rings. The molecule has 1 aliphatic carbocycles. The summed E-state index contributed by atoms with van der Waals surface area (Å²) in [5, 5.41) is 6.95. The Balaban J connectivity index is 1.34. The molecule has 1 aliphatic heterocycles. The third-order valence-corrected chi connectivity index (χ3v) is 7.69. The first kappa shape index (κ1) is 24.0. The Labute approximate surface area is 209 Å². The van der Waals surface area contributed by atoms with Gasteiger partial charge in [0.15, 0.2) is 11.6 Å². The first-order chi connectivity index (χ1) is 17.3. The van der Waals surface area contributed by atoms with E-state index in [1.807, 2.05) is 6.07 Å². The number of halogens is 1. The van der Waals surface area contributed by atoms with Crippen molar-refractivity contribution in [1.29, 1.82) is 0 Å². The Kier molecular flexibility index (Phi) is 6.27. The maximum absolute atomic E-state index is 14.6. The highest BCUT2D eigenvalue weighted by Crippen LogP contribution is 2.57. The van der Waals surface area contributed by atoms with Crippen LogP contribution in [0.15, 0.2) is 60.6 Å². The quantitative estimate of drug-likeness (QED) is 0.385. The van der Waals surface area contributed by atoms with Crippen molar-refractivity contribution in [3.8, 4) is 5.75 Å². The summed E-state index contributed by atoms with van der Waals surface area (Å²) in [4.78, 5) is 8.28. The summed E-state index contributed by atoms with van der Waals surface area (Å²) in [5.74, 6) is 0.208. The lowest BCUT2D eigenvalue weighted by Crippen LogP contribution is -2.29. The number of rotatable bonds is 10. The van der Waals surface area contributed by atoms with Crippen LogP contribution in [0.3, 0.4) is 0 Å². The molecule has 1 saturated carbocycles. The Bertz CT molecular complexity index is 1390. The van der Waals surface area contributed by atoms with Crippen molar-refractivity contribution in [1.82, 2.24) is 9.97 Å². The standard InChI is InChI=1S/C25H26FN5O4S/c1-3-36(32,33)31-16-25(10-11-25)20-9-6-18(14-22(20)31)28-23-21(26)15-27-24(30-23)29-17-4-7-19(8-5-17)35-13-12-34-2/h3-9,14-15H,1,10-13,16H2,2H3,(H2,27,28,29,30). The van der Waals surface area contributed by atoms with Gasteiger partial charge in [-0.15, -0.1) is 0 Å². The van der Waals surface area contributed by atoms with Gasteiger partial charge in [0.1, 0.15) is 12.4 Å². The molecule has 1 aromatic heterocycles. The van der Waals surface area contributed by atoms with Crippen LogP contribution in [-0.2, 0) is 20.2 Å². The minimum atomic E-state index is -3.65. The predicted octanol–water partition coefficient (Wildman–Crippen LogP) is 4.45. The van der Waals surface area contributed by atoms with Gasteiger partial charge in [0.05, 0.1) is 18.5 Å². The number of methoxy groups -OCH3 is 1. The van der Waals surface area contributed by atoms with Gasteiger partial charge in [-0.3, -0.25) is 4.31 Å². The van der Waals surface area contributed by atoms with Gasteiger partial charge in [0, 0.05) is 35.9 Å². The summed E-state index contributed by atoms with van der Waals surface area (Å²) in [6.07, 6.45) is 2.94. The van der Waals surface area contributed by atoms with Crippen molar-refractivity contribution >= 4 is 38.9 Å². The zero-order chi connectivity index (χ0) is 25.3. The fourth-order valence-corrected chi connectivity index (χ4v) is 5.30. The number of anilines is 5. The monoisotopic (exact) mass is 511 g/mol. The molecule has 0 bridgehead atoms. The van der Waals surface area contributed by atoms with Crippen LogP contribution in [-0.4, -0.2) is 45.3 Å². The third kappa shape index (κ3) is 4.71. The molecule has 0 radical (unpaired) electrons. The van der Waals surface area contributed by atoms with Crippen molar-refractivity contribution in [2.45, 2.75) is 18.3 Å². The Hall–Kier alpha value is -3.70. The molecule has 5 rings (SSSR count). The highest BCUT2D eigenvalue weighted by Gasteiger charge is 2.53. The van der Waals surface area contributed by atoms with Crippen LogP contribution in [0.1, 0.15) is 18.4 Å². The molecule has 36 heavy (non-hydrogen) atoms. The van der Waals surface area contributed by atoms with E-state index in [0.717, 1.165) is 30.0 Å². The smallest absolute Gasteiger partial charge is 0.256 e. The summed E-state index contributed by atoms with van der Waals surface area (Å²) in [7, 11) is -2.04. The first-order valence-electron chi connectivity index (χ1n) is 11.4. The molecule has 188 valence electrons. The van der Waals surface area contributed by atoms with Gasteiger partial charge < -0.3 is 20.1 Å². The number of hydrogen-bond donors (Lipinski definition) is 2. The number of ether oxygens (including phenoxy) is 2. The van der Waals surface area contributed by atoms with E-state index < -0.39 is 15.8 Å². The number of sulfonamides is 1. The van der Waals surface area contributed by atoms with Gasteiger partial charge >= 0.3 is 0 Å². The average Bonchev–Trinajstić information content (AvgIpc) is 3.58. The molecule has 9 nitrogen and oxygen atoms in total. The molecule has 2 heterocycles. The summed E-state index contributed by atoms with van der Waals surface area (Å²) < 4.78 is 51.6. The van der Waals surface area contributed by atoms with Crippen LogP contribution < -0.4 is 19.7 Å². The SMILES string of the molecule is C=CS(=O)(=O)N1CC2(CC2)c2ccc(Nc3nc(Nc4ccc(OCCOC)cc4)ncc3F)cc21. The molecular weight excluding hydrogens is 485 g/mol. The number of hydrogen-bond acceptors (Lipinski definition) is 8. The summed E-state index contributed by atoms with van der Waals surface area (Å²) >= 11 is 0. The van der Waals surface area contributed by atoms with E-state index in [2.05, 4.69) is 27.2 Å². The van der Waals surface area contributed by atoms with E-state index in [9.17, 15) is 12.8 Å². The zero-order valence-electron chi connectivity index (χ0n) is 19.7. The van der Waals surface area contributed by atoms with Crippen molar-refractivity contribution in [3.05, 3.63) is 72.0 Å². The maximum atomic E-state index is 14.6. The van der Waals surface area contributed by atoms with Gasteiger partial charge in [-0.1, -0.05) is 12.6 Å². The molecule has 3 aromatic rings. The Morgan fingerprint density at radius 3 is 2.58 bits per heavy atom. The minimum absolute atomic E-state index is 0.0378. The molecule has 0 atom stereocenters. The van der Waals surface area contributed by atoms with Crippen LogP contribution in [0.2, 0.25) is 0 Å². The Morgan fingerprint density at radius 2 is 1.89 bits per heavy atom. The number of nitrogens with zero attached hydrogens (tertiary/aromatic N) is 3. The van der Waals surface area contributed by atoms with Gasteiger partial charge in [0.2, 0.25) is 5.95 Å². The molecule has 11 heteroatoms. The van der Waals surface area contributed by atoms with E-state index >= 15 is 0 Å². The van der Waals surface area contributed by atoms with E-state index in [0.29, 0.717) is 42.6 Å². The van der Waals surface area contributed by atoms with Crippen LogP contribution in [0.25, 0.3) is 0 Å². The lowest BCUT2D eigenvalue weighted by molar-refractivity contribution is 0.146. The fourth-order valence-electron chi connectivity index (χ4n) is 4.26. The topological polar surface area (TPSA) is 106 Å². The largest absolute Gasteiger partial charge is 0.491 e. The maximum Gasteiger partial charge on any atom is 0.256 e. The van der Waals surface area contributed by atoms with E-state index in [1.54, 1.807) is 43.5 Å². The fraction of sp³-hybridized carbons (Fsp3) is 0.280.